The lowest BCUT2D eigenvalue weighted by molar-refractivity contribution is -0.131. The van der Waals surface area contributed by atoms with Gasteiger partial charge >= 0.3 is 0 Å². The normalized spacial score (nSPS) is 19.9. The maximum atomic E-state index is 13.4. The minimum atomic E-state index is -0.214. The van der Waals surface area contributed by atoms with Gasteiger partial charge in [-0.1, -0.05) is 48.5 Å². The van der Waals surface area contributed by atoms with Crippen LogP contribution in [0.1, 0.15) is 29.9 Å². The number of aromatic nitrogens is 2. The second-order valence-corrected chi connectivity index (χ2v) is 9.88. The van der Waals surface area contributed by atoms with Crippen LogP contribution in [-0.2, 0) is 18.4 Å². The molecule has 2 amide bonds. The quantitative estimate of drug-likeness (QED) is 0.656. The molecule has 172 valence electrons. The van der Waals surface area contributed by atoms with E-state index in [1.54, 1.807) is 4.68 Å². The van der Waals surface area contributed by atoms with Gasteiger partial charge in [-0.3, -0.25) is 19.2 Å². The van der Waals surface area contributed by atoms with Crippen molar-refractivity contribution in [1.29, 1.82) is 0 Å². The third-order valence-electron chi connectivity index (χ3n) is 6.97. The molecule has 2 saturated heterocycles. The Kier molecular flexibility index (Phi) is 5.44. The SMILES string of the molecule is CC(C)NC(=O)C1CN(Cc2ccccc2)CC12CN(C(=O)c1nn(C)c3ccccc13)C2. The van der Waals surface area contributed by atoms with E-state index in [0.29, 0.717) is 25.3 Å². The summed E-state index contributed by atoms with van der Waals surface area (Å²) in [6.07, 6.45) is 0. The highest BCUT2D eigenvalue weighted by Crippen LogP contribution is 2.45. The van der Waals surface area contributed by atoms with E-state index in [2.05, 4.69) is 27.4 Å². The van der Waals surface area contributed by atoms with Gasteiger partial charge < -0.3 is 10.2 Å². The molecule has 2 aliphatic rings. The summed E-state index contributed by atoms with van der Waals surface area (Å²) in [5.74, 6) is -0.0916. The molecule has 3 heterocycles. The number of nitrogens with one attached hydrogen (secondary N) is 1. The number of nitrogens with zero attached hydrogens (tertiary/aromatic N) is 4. The van der Waals surface area contributed by atoms with Crippen LogP contribution in [0.25, 0.3) is 10.9 Å². The van der Waals surface area contributed by atoms with E-state index in [0.717, 1.165) is 24.0 Å². The van der Waals surface area contributed by atoms with Crippen LogP contribution in [0, 0.1) is 11.3 Å². The fraction of sp³-hybridized carbons (Fsp3) is 0.423. The molecule has 7 nitrogen and oxygen atoms in total. The van der Waals surface area contributed by atoms with Crippen LogP contribution >= 0.6 is 0 Å². The molecule has 0 saturated carbocycles. The highest BCUT2D eigenvalue weighted by atomic mass is 16.2. The molecule has 1 unspecified atom stereocenters. The van der Waals surface area contributed by atoms with E-state index in [4.69, 9.17) is 0 Å². The summed E-state index contributed by atoms with van der Waals surface area (Å²) < 4.78 is 1.76. The number of likely N-dealkylation sites (tertiary alicyclic amines) is 2. The summed E-state index contributed by atoms with van der Waals surface area (Å²) in [5.41, 5.74) is 2.46. The van der Waals surface area contributed by atoms with E-state index >= 15 is 0 Å². The molecule has 0 bridgehead atoms. The first-order chi connectivity index (χ1) is 15.9. The van der Waals surface area contributed by atoms with Crippen molar-refractivity contribution in [3.8, 4) is 0 Å². The molecule has 5 rings (SSSR count). The van der Waals surface area contributed by atoms with Crippen molar-refractivity contribution in [3.05, 3.63) is 65.9 Å². The van der Waals surface area contributed by atoms with Gasteiger partial charge in [-0.25, -0.2) is 0 Å². The summed E-state index contributed by atoms with van der Waals surface area (Å²) in [6.45, 7) is 7.48. The smallest absolute Gasteiger partial charge is 0.275 e. The third kappa shape index (κ3) is 3.91. The van der Waals surface area contributed by atoms with Crippen molar-refractivity contribution in [2.75, 3.05) is 26.2 Å². The van der Waals surface area contributed by atoms with Crippen LogP contribution in [0.5, 0.6) is 0 Å². The first-order valence-corrected chi connectivity index (χ1v) is 11.6. The van der Waals surface area contributed by atoms with Crippen LogP contribution < -0.4 is 5.32 Å². The standard InChI is InChI=1S/C26H31N5O2/c1-18(2)27-24(32)21-14-30(13-19-9-5-4-6-10-19)15-26(21)16-31(17-26)25(33)23-20-11-7-8-12-22(20)29(3)28-23/h4-12,18,21H,13-17H2,1-3H3,(H,27,32). The number of fused-ring (bicyclic) bond motifs is 1. The summed E-state index contributed by atoms with van der Waals surface area (Å²) >= 11 is 0. The predicted molar refractivity (Wildman–Crippen MR) is 128 cm³/mol. The lowest BCUT2D eigenvalue weighted by Crippen LogP contribution is -2.64. The van der Waals surface area contributed by atoms with E-state index in [-0.39, 0.29) is 29.2 Å². The largest absolute Gasteiger partial charge is 0.354 e. The van der Waals surface area contributed by atoms with Crippen LogP contribution in [0.2, 0.25) is 0 Å². The van der Waals surface area contributed by atoms with Crippen molar-refractivity contribution >= 4 is 22.7 Å². The van der Waals surface area contributed by atoms with E-state index in [1.165, 1.54) is 5.56 Å². The average molecular weight is 446 g/mol. The van der Waals surface area contributed by atoms with Crippen molar-refractivity contribution < 1.29 is 9.59 Å². The Balaban J connectivity index is 1.35. The molecule has 0 aliphatic carbocycles. The number of hydrogen-bond acceptors (Lipinski definition) is 4. The number of carbonyl (C=O) groups excluding carboxylic acids is 2. The molecule has 3 aromatic rings. The van der Waals surface area contributed by atoms with Crippen LogP contribution in [0.3, 0.4) is 0 Å². The van der Waals surface area contributed by atoms with Gasteiger partial charge in [0.25, 0.3) is 5.91 Å². The number of para-hydroxylation sites is 1. The molecular formula is C26H31N5O2. The Labute approximate surface area is 194 Å². The second-order valence-electron chi connectivity index (χ2n) is 9.88. The molecule has 33 heavy (non-hydrogen) atoms. The molecule has 7 heteroatoms. The summed E-state index contributed by atoms with van der Waals surface area (Å²) in [7, 11) is 1.86. The zero-order valence-corrected chi connectivity index (χ0v) is 19.5. The Morgan fingerprint density at radius 2 is 1.76 bits per heavy atom. The monoisotopic (exact) mass is 445 g/mol. The zero-order chi connectivity index (χ0) is 23.2. The topological polar surface area (TPSA) is 70.5 Å². The summed E-state index contributed by atoms with van der Waals surface area (Å²) in [6, 6.07) is 18.3. The second kappa shape index (κ2) is 8.30. The lowest BCUT2D eigenvalue weighted by Gasteiger charge is -2.50. The van der Waals surface area contributed by atoms with Crippen molar-refractivity contribution in [2.45, 2.75) is 26.4 Å². The molecular weight excluding hydrogens is 414 g/mol. The van der Waals surface area contributed by atoms with Crippen molar-refractivity contribution in [1.82, 2.24) is 24.9 Å². The number of hydrogen-bond donors (Lipinski definition) is 1. The Hall–Kier alpha value is -3.19. The number of carbonyl (C=O) groups is 2. The Morgan fingerprint density at radius 3 is 2.48 bits per heavy atom. The van der Waals surface area contributed by atoms with E-state index < -0.39 is 0 Å². The molecule has 1 N–H and O–H groups in total. The maximum Gasteiger partial charge on any atom is 0.275 e. The highest BCUT2D eigenvalue weighted by molar-refractivity contribution is 6.05. The maximum absolute atomic E-state index is 13.4. The number of rotatable bonds is 5. The number of amides is 2. The van der Waals surface area contributed by atoms with E-state index in [1.807, 2.05) is 68.3 Å². The molecule has 2 aliphatic heterocycles. The predicted octanol–water partition coefficient (Wildman–Crippen LogP) is 2.67. The number of benzene rings is 2. The van der Waals surface area contributed by atoms with Gasteiger partial charge in [0.15, 0.2) is 5.69 Å². The van der Waals surface area contributed by atoms with Crippen molar-refractivity contribution in [2.24, 2.45) is 18.4 Å². The molecule has 0 radical (unpaired) electrons. The van der Waals surface area contributed by atoms with Crippen molar-refractivity contribution in [3.63, 3.8) is 0 Å². The zero-order valence-electron chi connectivity index (χ0n) is 19.5. The Morgan fingerprint density at radius 1 is 1.06 bits per heavy atom. The third-order valence-corrected chi connectivity index (χ3v) is 6.97. The fourth-order valence-electron chi connectivity index (χ4n) is 5.48. The van der Waals surface area contributed by atoms with Gasteiger partial charge in [0, 0.05) is 56.6 Å². The first-order valence-electron chi connectivity index (χ1n) is 11.6. The van der Waals surface area contributed by atoms with Gasteiger partial charge in [0.1, 0.15) is 0 Å². The molecule has 1 aromatic heterocycles. The molecule has 1 spiro atoms. The van der Waals surface area contributed by atoms with Gasteiger partial charge in [0.05, 0.1) is 11.4 Å². The van der Waals surface area contributed by atoms with Gasteiger partial charge in [-0.2, -0.15) is 5.10 Å². The number of aryl methyl sites for hydroxylation is 1. The highest BCUT2D eigenvalue weighted by Gasteiger charge is 2.58. The lowest BCUT2D eigenvalue weighted by atomic mass is 9.71. The molecule has 2 fully saturated rings. The minimum absolute atomic E-state index is 0.0537. The Bertz CT molecular complexity index is 1180. The van der Waals surface area contributed by atoms with Gasteiger partial charge in [0.2, 0.25) is 5.91 Å². The van der Waals surface area contributed by atoms with Crippen LogP contribution in [-0.4, -0.2) is 63.6 Å². The van der Waals surface area contributed by atoms with Crippen LogP contribution in [0.15, 0.2) is 54.6 Å². The molecule has 2 aromatic carbocycles. The van der Waals surface area contributed by atoms with Gasteiger partial charge in [-0.15, -0.1) is 0 Å². The molecule has 1 atom stereocenters. The van der Waals surface area contributed by atoms with E-state index in [9.17, 15) is 9.59 Å². The van der Waals surface area contributed by atoms with Crippen LogP contribution in [0.4, 0.5) is 0 Å². The fourth-order valence-corrected chi connectivity index (χ4v) is 5.48. The average Bonchev–Trinajstić information content (AvgIpc) is 3.31. The summed E-state index contributed by atoms with van der Waals surface area (Å²) in [4.78, 5) is 30.7. The van der Waals surface area contributed by atoms with Gasteiger partial charge in [-0.05, 0) is 25.5 Å². The first kappa shape index (κ1) is 21.6. The summed E-state index contributed by atoms with van der Waals surface area (Å²) in [5, 5.41) is 8.49. The minimum Gasteiger partial charge on any atom is -0.354 e.